The smallest absolute Gasteiger partial charge is 0.480 e. The molecule has 0 aliphatic heterocycles. The number of ether oxygens (including phenoxy) is 2. The Kier molecular flexibility index (Phi) is 8.62. The summed E-state index contributed by atoms with van der Waals surface area (Å²) in [7, 11) is 0. The van der Waals surface area contributed by atoms with E-state index in [4.69, 9.17) is 0 Å². The maximum Gasteiger partial charge on any atom is 0.573 e. The first-order valence-corrected chi connectivity index (χ1v) is 11.2. The van der Waals surface area contributed by atoms with E-state index < -0.39 is 47.8 Å². The number of urea groups is 1. The number of rotatable bonds is 9. The zero-order chi connectivity index (χ0) is 28.8. The molecule has 3 aromatic carbocycles. The summed E-state index contributed by atoms with van der Waals surface area (Å²) < 4.78 is 86.1. The number of hydrogen-bond acceptors (Lipinski definition) is 4. The summed E-state index contributed by atoms with van der Waals surface area (Å²) in [4.78, 5) is 24.3. The zero-order valence-electron chi connectivity index (χ0n) is 20.1. The van der Waals surface area contributed by atoms with Gasteiger partial charge >= 0.3 is 24.7 Å². The maximum atomic E-state index is 13.0. The average Bonchev–Trinajstić information content (AvgIpc) is 2.82. The van der Waals surface area contributed by atoms with Crippen LogP contribution in [0.15, 0.2) is 78.9 Å². The number of carbonyl (C=O) groups excluding carboxylic acids is 1. The molecule has 0 saturated heterocycles. The predicted molar refractivity (Wildman–Crippen MR) is 126 cm³/mol. The molecule has 0 heterocycles. The number of hydrogen-bond donors (Lipinski definition) is 3. The highest BCUT2D eigenvalue weighted by molar-refractivity contribution is 5.83. The molecule has 7 nitrogen and oxygen atoms in total. The molecule has 3 aromatic rings. The lowest BCUT2D eigenvalue weighted by Gasteiger charge is -2.37. The quantitative estimate of drug-likeness (QED) is 0.292. The maximum absolute atomic E-state index is 13.0. The monoisotopic (exact) mass is 556 g/mol. The van der Waals surface area contributed by atoms with Gasteiger partial charge < -0.3 is 25.2 Å². The van der Waals surface area contributed by atoms with Crippen LogP contribution < -0.4 is 20.1 Å². The Bertz CT molecular complexity index is 1240. The van der Waals surface area contributed by atoms with Crippen LogP contribution in [0.25, 0.3) is 0 Å². The van der Waals surface area contributed by atoms with E-state index in [0.717, 1.165) is 24.3 Å². The molecule has 3 rings (SSSR count). The van der Waals surface area contributed by atoms with Crippen molar-refractivity contribution in [3.05, 3.63) is 95.6 Å². The number of carbonyl (C=O) groups is 2. The predicted octanol–water partition coefficient (Wildman–Crippen LogP) is 5.74. The van der Waals surface area contributed by atoms with Crippen LogP contribution in [0.4, 0.5) is 31.1 Å². The minimum absolute atomic E-state index is 0.00427. The van der Waals surface area contributed by atoms with Gasteiger partial charge in [0.2, 0.25) is 0 Å². The summed E-state index contributed by atoms with van der Waals surface area (Å²) in [5, 5.41) is 14.0. The molecule has 1 atom stereocenters. The van der Waals surface area contributed by atoms with Gasteiger partial charge in [-0.1, -0.05) is 54.6 Å². The minimum atomic E-state index is -5.05. The van der Waals surface area contributed by atoms with Crippen molar-refractivity contribution in [2.24, 2.45) is 0 Å². The summed E-state index contributed by atoms with van der Waals surface area (Å²) in [6, 6.07) is 15.0. The SMILES string of the molecule is CC(NC(=O)NC(Cc1ccccc1)(c1cccc(OC(F)(F)F)c1)c1cccc(OC(F)(F)F)c1)C(=O)O. The van der Waals surface area contributed by atoms with Gasteiger partial charge in [-0.25, -0.2) is 4.79 Å². The Labute approximate surface area is 218 Å². The molecular formula is C26H22F6N2O5. The van der Waals surface area contributed by atoms with Crippen LogP contribution in [0.1, 0.15) is 23.6 Å². The zero-order valence-corrected chi connectivity index (χ0v) is 20.1. The molecule has 208 valence electrons. The number of carboxylic acids is 1. The topological polar surface area (TPSA) is 96.9 Å². The molecule has 0 saturated carbocycles. The Morgan fingerprint density at radius 3 is 1.72 bits per heavy atom. The average molecular weight is 556 g/mol. The fraction of sp³-hybridized carbons (Fsp3) is 0.231. The van der Waals surface area contributed by atoms with Crippen molar-refractivity contribution in [2.75, 3.05) is 0 Å². The fourth-order valence-electron chi connectivity index (χ4n) is 3.87. The molecular weight excluding hydrogens is 534 g/mol. The summed E-state index contributed by atoms with van der Waals surface area (Å²) in [6.45, 7) is 1.18. The van der Waals surface area contributed by atoms with Crippen molar-refractivity contribution in [3.8, 4) is 11.5 Å². The molecule has 2 amide bonds. The fourth-order valence-corrected chi connectivity index (χ4v) is 3.87. The van der Waals surface area contributed by atoms with E-state index in [9.17, 15) is 41.0 Å². The highest BCUT2D eigenvalue weighted by atomic mass is 19.4. The number of benzene rings is 3. The largest absolute Gasteiger partial charge is 0.573 e. The molecule has 0 spiro atoms. The standard InChI is InChI=1S/C26H22F6N2O5/c1-16(22(35)36)33-23(37)34-24(15-17-7-3-2-4-8-17,18-9-5-11-20(13-18)38-25(27,28)29)19-10-6-12-21(14-19)39-26(30,31)32/h2-14,16H,15H2,1H3,(H,35,36)(H2,33,34,37). The number of amides is 2. The third-order valence-corrected chi connectivity index (χ3v) is 5.48. The first-order chi connectivity index (χ1) is 18.2. The van der Waals surface area contributed by atoms with E-state index in [0.29, 0.717) is 5.56 Å². The van der Waals surface area contributed by atoms with Gasteiger partial charge in [0, 0.05) is 6.42 Å². The van der Waals surface area contributed by atoms with Crippen LogP contribution in [0.2, 0.25) is 0 Å². The van der Waals surface area contributed by atoms with Gasteiger partial charge in [0.25, 0.3) is 0 Å². The van der Waals surface area contributed by atoms with Crippen molar-refractivity contribution < 1.29 is 50.5 Å². The van der Waals surface area contributed by atoms with Gasteiger partial charge in [-0.05, 0) is 47.9 Å². The normalized spacial score (nSPS) is 12.8. The first-order valence-electron chi connectivity index (χ1n) is 11.2. The Balaban J connectivity index is 2.25. The van der Waals surface area contributed by atoms with Crippen molar-refractivity contribution in [1.82, 2.24) is 10.6 Å². The number of nitrogens with one attached hydrogen (secondary N) is 2. The van der Waals surface area contributed by atoms with Gasteiger partial charge in [-0.2, -0.15) is 0 Å². The molecule has 39 heavy (non-hydrogen) atoms. The minimum Gasteiger partial charge on any atom is -0.480 e. The number of alkyl halides is 6. The molecule has 0 aliphatic carbocycles. The van der Waals surface area contributed by atoms with Gasteiger partial charge in [0.05, 0.1) is 5.54 Å². The highest BCUT2D eigenvalue weighted by Crippen LogP contribution is 2.38. The van der Waals surface area contributed by atoms with Crippen LogP contribution >= 0.6 is 0 Å². The number of carboxylic acid groups (broad SMARTS) is 1. The van der Waals surface area contributed by atoms with Crippen LogP contribution in [-0.2, 0) is 16.8 Å². The van der Waals surface area contributed by atoms with E-state index in [-0.39, 0.29) is 17.5 Å². The molecule has 0 fully saturated rings. The van der Waals surface area contributed by atoms with Crippen molar-refractivity contribution in [1.29, 1.82) is 0 Å². The van der Waals surface area contributed by atoms with E-state index in [1.54, 1.807) is 30.3 Å². The summed E-state index contributed by atoms with van der Waals surface area (Å²) in [5.41, 5.74) is -1.31. The van der Waals surface area contributed by atoms with Crippen molar-refractivity contribution in [3.63, 3.8) is 0 Å². The molecule has 0 radical (unpaired) electrons. The molecule has 0 bridgehead atoms. The van der Waals surface area contributed by atoms with Gasteiger partial charge in [0.15, 0.2) is 0 Å². The Hall–Kier alpha value is -4.42. The third kappa shape index (κ3) is 8.28. The second-order valence-electron chi connectivity index (χ2n) is 8.38. The molecule has 0 aliphatic rings. The summed E-state index contributed by atoms with van der Waals surface area (Å²) in [6.07, 6.45) is -10.3. The number of aliphatic carboxylic acids is 1. The lowest BCUT2D eigenvalue weighted by atomic mass is 9.77. The molecule has 1 unspecified atom stereocenters. The molecule has 13 heteroatoms. The highest BCUT2D eigenvalue weighted by Gasteiger charge is 2.39. The summed E-state index contributed by atoms with van der Waals surface area (Å²) >= 11 is 0. The Morgan fingerprint density at radius 2 is 1.28 bits per heavy atom. The Morgan fingerprint density at radius 1 is 0.795 bits per heavy atom. The summed E-state index contributed by atoms with van der Waals surface area (Å²) in [5.74, 6) is -2.68. The van der Waals surface area contributed by atoms with Crippen LogP contribution in [0.3, 0.4) is 0 Å². The van der Waals surface area contributed by atoms with Gasteiger partial charge in [0.1, 0.15) is 17.5 Å². The third-order valence-electron chi connectivity index (χ3n) is 5.48. The molecule has 0 aromatic heterocycles. The molecule has 3 N–H and O–H groups in total. The first kappa shape index (κ1) is 29.1. The van der Waals surface area contributed by atoms with Gasteiger partial charge in [-0.3, -0.25) is 4.79 Å². The van der Waals surface area contributed by atoms with Crippen molar-refractivity contribution >= 4 is 12.0 Å². The lowest BCUT2D eigenvalue weighted by molar-refractivity contribution is -0.275. The van der Waals surface area contributed by atoms with E-state index in [1.165, 1.54) is 31.2 Å². The van der Waals surface area contributed by atoms with Crippen LogP contribution in [0.5, 0.6) is 11.5 Å². The van der Waals surface area contributed by atoms with E-state index >= 15 is 0 Å². The van der Waals surface area contributed by atoms with E-state index in [1.807, 2.05) is 0 Å². The van der Waals surface area contributed by atoms with Crippen LogP contribution in [-0.4, -0.2) is 35.9 Å². The van der Waals surface area contributed by atoms with E-state index in [2.05, 4.69) is 20.1 Å². The second kappa shape index (κ2) is 11.5. The van der Waals surface area contributed by atoms with Crippen molar-refractivity contribution in [2.45, 2.75) is 37.7 Å². The second-order valence-corrected chi connectivity index (χ2v) is 8.38. The number of halogens is 6. The lowest BCUT2D eigenvalue weighted by Crippen LogP contribution is -2.54. The van der Waals surface area contributed by atoms with Gasteiger partial charge in [-0.15, -0.1) is 26.3 Å². The van der Waals surface area contributed by atoms with Crippen LogP contribution in [0, 0.1) is 0 Å².